The van der Waals surface area contributed by atoms with Gasteiger partial charge in [0.1, 0.15) is 0 Å². The Morgan fingerprint density at radius 3 is 2.91 bits per heavy atom. The molecule has 0 bridgehead atoms. The summed E-state index contributed by atoms with van der Waals surface area (Å²) in [4.78, 5) is 14.3. The third kappa shape index (κ3) is 2.19. The van der Waals surface area contributed by atoms with Gasteiger partial charge in [0.15, 0.2) is 0 Å². The maximum Gasteiger partial charge on any atom is 0.312 e. The number of hydrogen-bond acceptors (Lipinski definition) is 2. The van der Waals surface area contributed by atoms with E-state index in [0.29, 0.717) is 6.04 Å². The SMILES string of the molecule is CN(C)CC1CCCN1[C]=O. The van der Waals surface area contributed by atoms with Crippen LogP contribution in [-0.2, 0) is 4.79 Å². The molecule has 63 valence electrons. The molecule has 1 saturated heterocycles. The van der Waals surface area contributed by atoms with E-state index in [4.69, 9.17) is 0 Å². The Bertz CT molecular complexity index is 136. The molecule has 1 heterocycles. The average Bonchev–Trinajstić information content (AvgIpc) is 2.34. The minimum atomic E-state index is 0.405. The molecule has 0 spiro atoms. The fourth-order valence-electron chi connectivity index (χ4n) is 1.57. The molecule has 0 aromatic heterocycles. The van der Waals surface area contributed by atoms with Gasteiger partial charge in [-0.1, -0.05) is 0 Å². The van der Waals surface area contributed by atoms with Crippen LogP contribution in [0.4, 0.5) is 0 Å². The van der Waals surface area contributed by atoms with Crippen molar-refractivity contribution < 1.29 is 4.79 Å². The summed E-state index contributed by atoms with van der Waals surface area (Å²) in [5.41, 5.74) is 0. The molecule has 0 saturated carbocycles. The number of amides is 1. The molecule has 1 aliphatic rings. The third-order valence-corrected chi connectivity index (χ3v) is 2.07. The number of hydrogen-bond donors (Lipinski definition) is 0. The largest absolute Gasteiger partial charge is 0.330 e. The molecule has 3 nitrogen and oxygen atoms in total. The lowest BCUT2D eigenvalue weighted by molar-refractivity contribution is 0.276. The smallest absolute Gasteiger partial charge is 0.312 e. The topological polar surface area (TPSA) is 23.6 Å². The quantitative estimate of drug-likeness (QED) is 0.576. The Kier molecular flexibility index (Phi) is 2.88. The van der Waals surface area contributed by atoms with Crippen molar-refractivity contribution in [2.75, 3.05) is 27.2 Å². The third-order valence-electron chi connectivity index (χ3n) is 2.07. The Labute approximate surface area is 68.0 Å². The lowest BCUT2D eigenvalue weighted by Crippen LogP contribution is -2.36. The highest BCUT2D eigenvalue weighted by molar-refractivity contribution is 5.49. The normalized spacial score (nSPS) is 24.6. The Hall–Kier alpha value is -0.570. The summed E-state index contributed by atoms with van der Waals surface area (Å²) in [6.07, 6.45) is 4.24. The van der Waals surface area contributed by atoms with Crippen LogP contribution in [0.5, 0.6) is 0 Å². The molecule has 1 fully saturated rings. The van der Waals surface area contributed by atoms with E-state index < -0.39 is 0 Å². The molecule has 1 amide bonds. The van der Waals surface area contributed by atoms with Gasteiger partial charge in [0.05, 0.1) is 0 Å². The minimum absolute atomic E-state index is 0.405. The molecule has 11 heavy (non-hydrogen) atoms. The maximum absolute atomic E-state index is 10.4. The molecule has 1 aliphatic heterocycles. The van der Waals surface area contributed by atoms with Gasteiger partial charge in [-0.05, 0) is 26.9 Å². The number of carbonyl (C=O) groups excluding carboxylic acids is 1. The van der Waals surface area contributed by atoms with Crippen molar-refractivity contribution in [3.8, 4) is 0 Å². The van der Waals surface area contributed by atoms with Crippen molar-refractivity contribution in [1.82, 2.24) is 9.80 Å². The lowest BCUT2D eigenvalue weighted by Gasteiger charge is -2.22. The van der Waals surface area contributed by atoms with Crippen LogP contribution in [0.15, 0.2) is 0 Å². The summed E-state index contributed by atoms with van der Waals surface area (Å²) in [7, 11) is 4.06. The molecule has 3 heteroatoms. The molecular formula is C8H15N2O. The zero-order valence-electron chi connectivity index (χ0n) is 7.21. The molecular weight excluding hydrogens is 140 g/mol. The van der Waals surface area contributed by atoms with Crippen LogP contribution in [0.25, 0.3) is 0 Å². The van der Waals surface area contributed by atoms with Crippen LogP contribution in [0.1, 0.15) is 12.8 Å². The summed E-state index contributed by atoms with van der Waals surface area (Å²) < 4.78 is 0. The first-order valence-electron chi connectivity index (χ1n) is 4.03. The van der Waals surface area contributed by atoms with E-state index in [9.17, 15) is 4.79 Å². The van der Waals surface area contributed by atoms with Crippen molar-refractivity contribution in [2.45, 2.75) is 18.9 Å². The number of likely N-dealkylation sites (N-methyl/N-ethyl adjacent to an activating group) is 1. The summed E-state index contributed by atoms with van der Waals surface area (Å²) in [6, 6.07) is 0.405. The zero-order chi connectivity index (χ0) is 8.27. The van der Waals surface area contributed by atoms with Crippen LogP contribution in [-0.4, -0.2) is 49.4 Å². The standard InChI is InChI=1S/C8H15N2O/c1-9(2)6-8-4-3-5-10(8)7-11/h8H,3-6H2,1-2H3. The van der Waals surface area contributed by atoms with Crippen molar-refractivity contribution >= 4 is 6.41 Å². The molecule has 0 aliphatic carbocycles. The summed E-state index contributed by atoms with van der Waals surface area (Å²) in [5.74, 6) is 0. The van der Waals surface area contributed by atoms with Gasteiger partial charge in [-0.2, -0.15) is 0 Å². The van der Waals surface area contributed by atoms with Gasteiger partial charge in [0, 0.05) is 19.1 Å². The molecule has 1 unspecified atom stereocenters. The molecule has 1 rings (SSSR count). The molecule has 0 N–H and O–H groups in total. The van der Waals surface area contributed by atoms with E-state index in [1.807, 2.05) is 20.5 Å². The van der Waals surface area contributed by atoms with Gasteiger partial charge in [0.25, 0.3) is 0 Å². The second kappa shape index (κ2) is 3.72. The minimum Gasteiger partial charge on any atom is -0.330 e. The van der Waals surface area contributed by atoms with Crippen LogP contribution < -0.4 is 0 Å². The Morgan fingerprint density at radius 1 is 1.64 bits per heavy atom. The van der Waals surface area contributed by atoms with Crippen molar-refractivity contribution in [2.24, 2.45) is 0 Å². The first-order chi connectivity index (χ1) is 5.24. The van der Waals surface area contributed by atoms with Gasteiger partial charge in [0.2, 0.25) is 0 Å². The summed E-state index contributed by atoms with van der Waals surface area (Å²) in [5, 5.41) is 0. The first kappa shape index (κ1) is 8.53. The van der Waals surface area contributed by atoms with E-state index in [0.717, 1.165) is 25.9 Å². The fourth-order valence-corrected chi connectivity index (χ4v) is 1.57. The molecule has 0 aromatic rings. The van der Waals surface area contributed by atoms with E-state index in [1.54, 1.807) is 4.90 Å². The molecule has 1 radical (unpaired) electrons. The van der Waals surface area contributed by atoms with Crippen molar-refractivity contribution in [3.63, 3.8) is 0 Å². The van der Waals surface area contributed by atoms with Crippen LogP contribution in [0, 0.1) is 0 Å². The molecule has 1 atom stereocenters. The van der Waals surface area contributed by atoms with E-state index in [1.165, 1.54) is 0 Å². The predicted octanol–water partition coefficient (Wildman–Crippen LogP) is 0.0796. The second-order valence-corrected chi connectivity index (χ2v) is 3.34. The Balaban J connectivity index is 2.37. The fraction of sp³-hybridized carbons (Fsp3) is 0.875. The van der Waals surface area contributed by atoms with Gasteiger partial charge >= 0.3 is 6.41 Å². The van der Waals surface area contributed by atoms with Crippen LogP contribution in [0.2, 0.25) is 0 Å². The highest BCUT2D eigenvalue weighted by Crippen LogP contribution is 2.14. The summed E-state index contributed by atoms with van der Waals surface area (Å²) in [6.45, 7) is 1.86. The van der Waals surface area contributed by atoms with E-state index >= 15 is 0 Å². The monoisotopic (exact) mass is 155 g/mol. The van der Waals surface area contributed by atoms with E-state index in [-0.39, 0.29) is 0 Å². The highest BCUT2D eigenvalue weighted by atomic mass is 16.1. The number of rotatable bonds is 3. The number of likely N-dealkylation sites (tertiary alicyclic amines) is 1. The second-order valence-electron chi connectivity index (χ2n) is 3.34. The van der Waals surface area contributed by atoms with Gasteiger partial charge in [-0.25, -0.2) is 0 Å². The highest BCUT2D eigenvalue weighted by Gasteiger charge is 2.23. The predicted molar refractivity (Wildman–Crippen MR) is 44.0 cm³/mol. The molecule has 0 aromatic carbocycles. The van der Waals surface area contributed by atoms with Crippen molar-refractivity contribution in [3.05, 3.63) is 0 Å². The van der Waals surface area contributed by atoms with Gasteiger partial charge in [-0.3, -0.25) is 4.79 Å². The number of nitrogens with zero attached hydrogens (tertiary/aromatic N) is 2. The average molecular weight is 155 g/mol. The van der Waals surface area contributed by atoms with E-state index in [2.05, 4.69) is 4.90 Å². The Morgan fingerprint density at radius 2 is 2.36 bits per heavy atom. The van der Waals surface area contributed by atoms with Crippen molar-refractivity contribution in [1.29, 1.82) is 0 Å². The lowest BCUT2D eigenvalue weighted by atomic mass is 10.2. The first-order valence-corrected chi connectivity index (χ1v) is 4.03. The van der Waals surface area contributed by atoms with Gasteiger partial charge < -0.3 is 9.80 Å². The maximum atomic E-state index is 10.4. The van der Waals surface area contributed by atoms with Crippen LogP contribution >= 0.6 is 0 Å². The van der Waals surface area contributed by atoms with Crippen LogP contribution in [0.3, 0.4) is 0 Å². The summed E-state index contributed by atoms with van der Waals surface area (Å²) >= 11 is 0. The zero-order valence-corrected chi connectivity index (χ0v) is 7.21. The van der Waals surface area contributed by atoms with Gasteiger partial charge in [-0.15, -0.1) is 0 Å².